The van der Waals surface area contributed by atoms with Crippen LogP contribution in [0, 0.1) is 5.82 Å². The van der Waals surface area contributed by atoms with E-state index < -0.39 is 23.3 Å². The summed E-state index contributed by atoms with van der Waals surface area (Å²) in [7, 11) is 0. The van der Waals surface area contributed by atoms with Gasteiger partial charge in [-0.05, 0) is 36.6 Å². The molecule has 2 aromatic rings. The Balaban J connectivity index is 1.37. The van der Waals surface area contributed by atoms with E-state index in [1.54, 1.807) is 11.8 Å². The van der Waals surface area contributed by atoms with Gasteiger partial charge in [0.05, 0.1) is 0 Å². The maximum absolute atomic E-state index is 13.3. The van der Waals surface area contributed by atoms with E-state index in [9.17, 15) is 18.8 Å². The second-order valence-electron chi connectivity index (χ2n) is 8.45. The maximum atomic E-state index is 13.3. The van der Waals surface area contributed by atoms with Gasteiger partial charge in [0.1, 0.15) is 17.9 Å². The zero-order valence-corrected chi connectivity index (χ0v) is 18.1. The Morgan fingerprint density at radius 1 is 1.00 bits per heavy atom. The molecule has 0 aromatic heterocycles. The number of halogens is 1. The van der Waals surface area contributed by atoms with Crippen molar-refractivity contribution >= 4 is 17.8 Å². The molecule has 1 N–H and O–H groups in total. The highest BCUT2D eigenvalue weighted by atomic mass is 19.1. The molecule has 2 aromatic carbocycles. The molecule has 4 rings (SSSR count). The lowest BCUT2D eigenvalue weighted by atomic mass is 9.92. The van der Waals surface area contributed by atoms with Gasteiger partial charge in [0.15, 0.2) is 0 Å². The van der Waals surface area contributed by atoms with Crippen molar-refractivity contribution in [1.29, 1.82) is 0 Å². The molecule has 168 valence electrons. The van der Waals surface area contributed by atoms with Crippen molar-refractivity contribution in [3.63, 3.8) is 0 Å². The van der Waals surface area contributed by atoms with Crippen LogP contribution >= 0.6 is 0 Å². The normalized spacial score (nSPS) is 22.1. The predicted octanol–water partition coefficient (Wildman–Crippen LogP) is 2.33. The Morgan fingerprint density at radius 2 is 1.72 bits per heavy atom. The Hall–Kier alpha value is -3.26. The van der Waals surface area contributed by atoms with Crippen LogP contribution in [-0.4, -0.2) is 65.3 Å². The summed E-state index contributed by atoms with van der Waals surface area (Å²) in [5.41, 5.74) is 0.376. The predicted molar refractivity (Wildman–Crippen MR) is 117 cm³/mol. The van der Waals surface area contributed by atoms with E-state index in [1.165, 1.54) is 29.8 Å². The number of hydrogen-bond donors (Lipinski definition) is 1. The first-order valence-corrected chi connectivity index (χ1v) is 10.8. The first-order valence-electron chi connectivity index (χ1n) is 10.8. The van der Waals surface area contributed by atoms with Crippen molar-refractivity contribution in [3.05, 3.63) is 71.5 Å². The summed E-state index contributed by atoms with van der Waals surface area (Å²) in [4.78, 5) is 43.5. The van der Waals surface area contributed by atoms with Gasteiger partial charge in [0.2, 0.25) is 5.91 Å². The third-order valence-corrected chi connectivity index (χ3v) is 6.18. The Morgan fingerprint density at radius 3 is 2.44 bits per heavy atom. The van der Waals surface area contributed by atoms with E-state index in [2.05, 4.69) is 22.3 Å². The van der Waals surface area contributed by atoms with Crippen molar-refractivity contribution in [2.75, 3.05) is 32.7 Å². The van der Waals surface area contributed by atoms with Crippen LogP contribution < -0.4 is 5.32 Å². The molecular formula is C24H27FN4O3. The lowest BCUT2D eigenvalue weighted by molar-refractivity contribution is -0.138. The van der Waals surface area contributed by atoms with Gasteiger partial charge < -0.3 is 10.2 Å². The van der Waals surface area contributed by atoms with Crippen LogP contribution in [0.5, 0.6) is 0 Å². The largest absolute Gasteiger partial charge is 0.340 e. The fraction of sp³-hybridized carbons (Fsp3) is 0.375. The van der Waals surface area contributed by atoms with Gasteiger partial charge in [-0.25, -0.2) is 9.18 Å². The summed E-state index contributed by atoms with van der Waals surface area (Å²) < 4.78 is 13.3. The number of benzene rings is 2. The van der Waals surface area contributed by atoms with Crippen molar-refractivity contribution in [2.45, 2.75) is 25.4 Å². The lowest BCUT2D eigenvalue weighted by Gasteiger charge is -2.25. The molecule has 0 radical (unpaired) electrons. The van der Waals surface area contributed by atoms with E-state index in [-0.39, 0.29) is 12.5 Å². The minimum Gasteiger partial charge on any atom is -0.340 e. The number of carbonyl (C=O) groups is 3. The van der Waals surface area contributed by atoms with E-state index in [0.717, 1.165) is 31.0 Å². The molecule has 2 aliphatic rings. The third-order valence-electron chi connectivity index (χ3n) is 6.18. The maximum Gasteiger partial charge on any atom is 0.325 e. The number of rotatable bonds is 5. The van der Waals surface area contributed by atoms with E-state index in [0.29, 0.717) is 18.7 Å². The third kappa shape index (κ3) is 4.50. The van der Waals surface area contributed by atoms with Gasteiger partial charge in [0.25, 0.3) is 5.91 Å². The van der Waals surface area contributed by atoms with Crippen LogP contribution in [0.15, 0.2) is 54.6 Å². The quantitative estimate of drug-likeness (QED) is 0.728. The van der Waals surface area contributed by atoms with Gasteiger partial charge >= 0.3 is 6.03 Å². The minimum absolute atomic E-state index is 0.251. The summed E-state index contributed by atoms with van der Waals surface area (Å²) in [5.74, 6) is -1.19. The van der Waals surface area contributed by atoms with Crippen LogP contribution in [0.4, 0.5) is 9.18 Å². The molecule has 0 saturated carbocycles. The van der Waals surface area contributed by atoms with Crippen molar-refractivity contribution in [3.8, 4) is 0 Å². The smallest absolute Gasteiger partial charge is 0.325 e. The minimum atomic E-state index is -1.32. The molecule has 7 nitrogen and oxygen atoms in total. The highest BCUT2D eigenvalue weighted by Crippen LogP contribution is 2.29. The fourth-order valence-electron chi connectivity index (χ4n) is 4.27. The molecule has 8 heteroatoms. The number of nitrogens with zero attached hydrogens (tertiary/aromatic N) is 3. The summed E-state index contributed by atoms with van der Waals surface area (Å²) in [6.07, 6.45) is 0.825. The number of hydrogen-bond acceptors (Lipinski definition) is 4. The molecular weight excluding hydrogens is 411 g/mol. The fourth-order valence-corrected chi connectivity index (χ4v) is 4.27. The van der Waals surface area contributed by atoms with Crippen LogP contribution in [0.25, 0.3) is 0 Å². The van der Waals surface area contributed by atoms with Crippen LogP contribution in [0.3, 0.4) is 0 Å². The van der Waals surface area contributed by atoms with Crippen molar-refractivity contribution in [1.82, 2.24) is 20.0 Å². The average molecular weight is 439 g/mol. The van der Waals surface area contributed by atoms with Gasteiger partial charge in [-0.2, -0.15) is 0 Å². The second kappa shape index (κ2) is 9.08. The zero-order valence-electron chi connectivity index (χ0n) is 18.1. The first-order chi connectivity index (χ1) is 15.4. The molecule has 1 atom stereocenters. The van der Waals surface area contributed by atoms with E-state index >= 15 is 0 Å². The highest BCUT2D eigenvalue weighted by molar-refractivity contribution is 6.09. The van der Waals surface area contributed by atoms with E-state index in [1.807, 2.05) is 18.2 Å². The Labute approximate surface area is 186 Å². The topological polar surface area (TPSA) is 73.0 Å². The molecule has 0 bridgehead atoms. The van der Waals surface area contributed by atoms with Crippen LogP contribution in [-0.2, 0) is 21.7 Å². The van der Waals surface area contributed by atoms with E-state index in [4.69, 9.17) is 0 Å². The van der Waals surface area contributed by atoms with Gasteiger partial charge in [-0.3, -0.25) is 19.4 Å². The number of amides is 4. The summed E-state index contributed by atoms with van der Waals surface area (Å²) in [6.45, 7) is 4.83. The SMILES string of the molecule is CC1(c2ccc(F)cc2)NC(=O)N(CC(=O)N2CCCN(Cc3ccccc3)CC2)C1=O. The number of nitrogens with one attached hydrogen (secondary N) is 1. The van der Waals surface area contributed by atoms with Crippen LogP contribution in [0.1, 0.15) is 24.5 Å². The monoisotopic (exact) mass is 438 g/mol. The van der Waals surface area contributed by atoms with Crippen molar-refractivity contribution in [2.24, 2.45) is 0 Å². The molecule has 1 unspecified atom stereocenters. The van der Waals surface area contributed by atoms with Crippen LogP contribution in [0.2, 0.25) is 0 Å². The summed E-state index contributed by atoms with van der Waals surface area (Å²) in [6, 6.07) is 15.0. The number of carbonyl (C=O) groups excluding carboxylic acids is 3. The second-order valence-corrected chi connectivity index (χ2v) is 8.45. The summed E-state index contributed by atoms with van der Waals surface area (Å²) >= 11 is 0. The first kappa shape index (κ1) is 22.0. The molecule has 0 spiro atoms. The Bertz CT molecular complexity index is 998. The number of urea groups is 1. The zero-order chi connectivity index (χ0) is 22.7. The molecule has 2 aliphatic heterocycles. The number of imide groups is 1. The molecule has 2 heterocycles. The van der Waals surface area contributed by atoms with Gasteiger partial charge in [-0.15, -0.1) is 0 Å². The molecule has 0 aliphatic carbocycles. The van der Waals surface area contributed by atoms with Crippen molar-refractivity contribution < 1.29 is 18.8 Å². The van der Waals surface area contributed by atoms with Gasteiger partial charge in [0, 0.05) is 32.7 Å². The molecule has 2 saturated heterocycles. The highest BCUT2D eigenvalue weighted by Gasteiger charge is 2.49. The molecule has 32 heavy (non-hydrogen) atoms. The molecule has 4 amide bonds. The lowest BCUT2D eigenvalue weighted by Crippen LogP contribution is -2.45. The Kier molecular flexibility index (Phi) is 6.23. The van der Waals surface area contributed by atoms with Gasteiger partial charge in [-0.1, -0.05) is 42.5 Å². The average Bonchev–Trinajstić information content (AvgIpc) is 2.94. The standard InChI is InChI=1S/C24H27FN4O3/c1-24(19-8-10-20(25)11-9-19)22(31)29(23(32)26-24)17-21(30)28-13-5-12-27(14-15-28)16-18-6-3-2-4-7-18/h2-4,6-11H,5,12-17H2,1H3,(H,26,32). The molecule has 2 fully saturated rings. The summed E-state index contributed by atoms with van der Waals surface area (Å²) in [5, 5.41) is 2.66.